The molecule has 7 nitrogen and oxygen atoms in total. The molecule has 0 aliphatic heterocycles. The molecule has 0 spiro atoms. The fourth-order valence-corrected chi connectivity index (χ4v) is 2.89. The number of esters is 1. The number of rotatable bonds is 6. The van der Waals surface area contributed by atoms with Gasteiger partial charge in [0.2, 0.25) is 0 Å². The molecular formula is C22H16N4O3. The summed E-state index contributed by atoms with van der Waals surface area (Å²) in [6.45, 7) is -0.354. The second-order valence-corrected chi connectivity index (χ2v) is 6.21. The third-order valence-electron chi connectivity index (χ3n) is 4.37. The highest BCUT2D eigenvalue weighted by molar-refractivity contribution is 6.00. The molecule has 7 heteroatoms. The molecule has 0 saturated heterocycles. The van der Waals surface area contributed by atoms with Crippen LogP contribution in [0, 0.1) is 0 Å². The van der Waals surface area contributed by atoms with Gasteiger partial charge in [-0.2, -0.15) is 4.68 Å². The van der Waals surface area contributed by atoms with E-state index in [0.29, 0.717) is 11.3 Å². The molecular weight excluding hydrogens is 368 g/mol. The summed E-state index contributed by atoms with van der Waals surface area (Å²) in [5.74, 6) is -0.900. The Hall–Kier alpha value is -4.13. The number of nitrogens with zero attached hydrogens (tertiary/aromatic N) is 4. The lowest BCUT2D eigenvalue weighted by Crippen LogP contribution is -2.16. The Labute approximate surface area is 166 Å². The van der Waals surface area contributed by atoms with Crippen molar-refractivity contribution in [3.63, 3.8) is 0 Å². The van der Waals surface area contributed by atoms with Crippen molar-refractivity contribution in [1.82, 2.24) is 20.2 Å². The van der Waals surface area contributed by atoms with Crippen LogP contribution in [0.15, 0.2) is 85.2 Å². The molecule has 3 aromatic carbocycles. The molecule has 1 heterocycles. The highest BCUT2D eigenvalue weighted by Gasteiger charge is 2.16. The van der Waals surface area contributed by atoms with E-state index in [2.05, 4.69) is 15.5 Å². The Bertz CT molecular complexity index is 1120. The molecule has 0 fully saturated rings. The van der Waals surface area contributed by atoms with Gasteiger partial charge in [0.15, 0.2) is 12.4 Å². The summed E-state index contributed by atoms with van der Waals surface area (Å²) in [5.41, 5.74) is 3.30. The van der Waals surface area contributed by atoms with E-state index in [9.17, 15) is 9.59 Å². The van der Waals surface area contributed by atoms with Crippen LogP contribution in [0.1, 0.15) is 20.7 Å². The first-order chi connectivity index (χ1) is 14.2. The average molecular weight is 384 g/mol. The molecule has 0 saturated carbocycles. The smallest absolute Gasteiger partial charge is 0.340 e. The van der Waals surface area contributed by atoms with Crippen molar-refractivity contribution >= 4 is 11.8 Å². The molecule has 0 radical (unpaired) electrons. The number of para-hydroxylation sites is 1. The van der Waals surface area contributed by atoms with E-state index in [1.165, 1.54) is 11.0 Å². The van der Waals surface area contributed by atoms with Gasteiger partial charge < -0.3 is 4.74 Å². The Kier molecular flexibility index (Phi) is 5.20. The van der Waals surface area contributed by atoms with Gasteiger partial charge in [-0.25, -0.2) is 4.79 Å². The number of hydrogen-bond donors (Lipinski definition) is 0. The number of benzene rings is 3. The van der Waals surface area contributed by atoms with E-state index in [1.807, 2.05) is 42.5 Å². The number of ketones is 1. The number of Topliss-reactive ketones (excluding diaryl/α,β-unsaturated/α-hetero) is 1. The molecule has 4 aromatic rings. The van der Waals surface area contributed by atoms with Crippen molar-refractivity contribution in [2.45, 2.75) is 0 Å². The summed E-state index contributed by atoms with van der Waals surface area (Å²) in [6, 6.07) is 23.8. The lowest BCUT2D eigenvalue weighted by Gasteiger charge is -2.09. The predicted molar refractivity (Wildman–Crippen MR) is 106 cm³/mol. The first kappa shape index (κ1) is 18.2. The lowest BCUT2D eigenvalue weighted by atomic mass is 10.0. The molecule has 0 bridgehead atoms. The summed E-state index contributed by atoms with van der Waals surface area (Å²) in [6.07, 6.45) is 1.38. The minimum Gasteiger partial charge on any atom is -0.454 e. The average Bonchev–Trinajstić information content (AvgIpc) is 3.33. The summed E-state index contributed by atoms with van der Waals surface area (Å²) < 4.78 is 6.59. The van der Waals surface area contributed by atoms with Crippen LogP contribution < -0.4 is 0 Å². The van der Waals surface area contributed by atoms with Crippen molar-refractivity contribution in [1.29, 1.82) is 0 Å². The van der Waals surface area contributed by atoms with Gasteiger partial charge in [-0.15, -0.1) is 5.10 Å². The second-order valence-electron chi connectivity index (χ2n) is 6.21. The van der Waals surface area contributed by atoms with Crippen LogP contribution in [-0.4, -0.2) is 38.6 Å². The third kappa shape index (κ3) is 4.08. The maximum Gasteiger partial charge on any atom is 0.340 e. The van der Waals surface area contributed by atoms with Gasteiger partial charge in [0.25, 0.3) is 0 Å². The quantitative estimate of drug-likeness (QED) is 0.374. The molecule has 0 amide bonds. The summed E-state index contributed by atoms with van der Waals surface area (Å²) in [5, 5.41) is 10.9. The van der Waals surface area contributed by atoms with Crippen LogP contribution >= 0.6 is 0 Å². The van der Waals surface area contributed by atoms with E-state index in [-0.39, 0.29) is 18.0 Å². The van der Waals surface area contributed by atoms with Crippen LogP contribution in [0.3, 0.4) is 0 Å². The molecule has 0 N–H and O–H groups in total. The number of carbonyl (C=O) groups is 2. The van der Waals surface area contributed by atoms with E-state index in [1.54, 1.807) is 36.4 Å². The first-order valence-corrected chi connectivity index (χ1v) is 8.90. The van der Waals surface area contributed by atoms with Gasteiger partial charge in [0, 0.05) is 5.56 Å². The number of aromatic nitrogens is 4. The summed E-state index contributed by atoms with van der Waals surface area (Å²) in [4.78, 5) is 24.9. The SMILES string of the molecule is O=C(COC(=O)c1ccccc1-n1cnnn1)c1ccc(-c2ccccc2)cc1. The summed E-state index contributed by atoms with van der Waals surface area (Å²) >= 11 is 0. The van der Waals surface area contributed by atoms with Gasteiger partial charge in [-0.05, 0) is 33.7 Å². The highest BCUT2D eigenvalue weighted by Crippen LogP contribution is 2.19. The van der Waals surface area contributed by atoms with Crippen LogP contribution in [0.2, 0.25) is 0 Å². The Morgan fingerprint density at radius 1 is 0.828 bits per heavy atom. The lowest BCUT2D eigenvalue weighted by molar-refractivity contribution is 0.0474. The molecule has 0 aliphatic rings. The molecule has 0 unspecified atom stereocenters. The van der Waals surface area contributed by atoms with E-state index in [4.69, 9.17) is 4.74 Å². The van der Waals surface area contributed by atoms with Gasteiger partial charge in [0.05, 0.1) is 11.3 Å². The molecule has 142 valence electrons. The largest absolute Gasteiger partial charge is 0.454 e. The minimum absolute atomic E-state index is 0.270. The van der Waals surface area contributed by atoms with Crippen LogP contribution in [0.4, 0.5) is 0 Å². The predicted octanol–water partition coefficient (Wildman–Crippen LogP) is 3.37. The Morgan fingerprint density at radius 2 is 1.52 bits per heavy atom. The fraction of sp³-hybridized carbons (Fsp3) is 0.0455. The molecule has 0 atom stereocenters. The number of tetrazole rings is 1. The van der Waals surface area contributed by atoms with Crippen LogP contribution in [-0.2, 0) is 4.74 Å². The van der Waals surface area contributed by atoms with Crippen molar-refractivity contribution in [2.24, 2.45) is 0 Å². The maximum atomic E-state index is 12.5. The number of hydrogen-bond acceptors (Lipinski definition) is 6. The van der Waals surface area contributed by atoms with E-state index < -0.39 is 5.97 Å². The second kappa shape index (κ2) is 8.26. The molecule has 4 rings (SSSR count). The zero-order chi connectivity index (χ0) is 20.1. The number of carbonyl (C=O) groups excluding carboxylic acids is 2. The molecule has 0 aliphatic carbocycles. The van der Waals surface area contributed by atoms with Crippen molar-refractivity contribution in [2.75, 3.05) is 6.61 Å². The zero-order valence-electron chi connectivity index (χ0n) is 15.3. The third-order valence-corrected chi connectivity index (χ3v) is 4.37. The highest BCUT2D eigenvalue weighted by atomic mass is 16.5. The van der Waals surface area contributed by atoms with Gasteiger partial charge in [-0.3, -0.25) is 4.79 Å². The first-order valence-electron chi connectivity index (χ1n) is 8.90. The van der Waals surface area contributed by atoms with Crippen LogP contribution in [0.25, 0.3) is 16.8 Å². The fourth-order valence-electron chi connectivity index (χ4n) is 2.89. The topological polar surface area (TPSA) is 87.0 Å². The van der Waals surface area contributed by atoms with E-state index in [0.717, 1.165) is 11.1 Å². The monoisotopic (exact) mass is 384 g/mol. The van der Waals surface area contributed by atoms with Crippen LogP contribution in [0.5, 0.6) is 0 Å². The van der Waals surface area contributed by atoms with Gasteiger partial charge in [0.1, 0.15) is 6.33 Å². The van der Waals surface area contributed by atoms with E-state index >= 15 is 0 Å². The van der Waals surface area contributed by atoms with Crippen molar-refractivity contribution in [3.8, 4) is 16.8 Å². The van der Waals surface area contributed by atoms with Gasteiger partial charge >= 0.3 is 5.97 Å². The standard InChI is InChI=1S/C22H16N4O3/c27-21(18-12-10-17(11-13-18)16-6-2-1-3-7-16)14-29-22(28)19-8-4-5-9-20(19)26-15-23-24-25-26/h1-13,15H,14H2. The number of ether oxygens (including phenoxy) is 1. The summed E-state index contributed by atoms with van der Waals surface area (Å²) in [7, 11) is 0. The Morgan fingerprint density at radius 3 is 2.24 bits per heavy atom. The maximum absolute atomic E-state index is 12.5. The molecule has 1 aromatic heterocycles. The minimum atomic E-state index is -0.620. The zero-order valence-corrected chi connectivity index (χ0v) is 15.3. The van der Waals surface area contributed by atoms with Crippen molar-refractivity contribution in [3.05, 3.63) is 96.3 Å². The van der Waals surface area contributed by atoms with Gasteiger partial charge in [-0.1, -0.05) is 66.7 Å². The van der Waals surface area contributed by atoms with Crippen molar-refractivity contribution < 1.29 is 14.3 Å². The normalized spacial score (nSPS) is 10.5. The molecule has 29 heavy (non-hydrogen) atoms. The Balaban J connectivity index is 1.43.